The van der Waals surface area contributed by atoms with Gasteiger partial charge in [-0.2, -0.15) is 9.40 Å². The Morgan fingerprint density at radius 3 is 2.41 bits per heavy atom. The highest BCUT2D eigenvalue weighted by Crippen LogP contribution is 2.30. The molecule has 0 spiro atoms. The van der Waals surface area contributed by atoms with E-state index in [0.29, 0.717) is 19.0 Å². The molecule has 0 atom stereocenters. The lowest BCUT2D eigenvalue weighted by Gasteiger charge is -2.18. The van der Waals surface area contributed by atoms with Crippen molar-refractivity contribution in [2.24, 2.45) is 0 Å². The van der Waals surface area contributed by atoms with E-state index in [1.807, 2.05) is 0 Å². The summed E-state index contributed by atoms with van der Waals surface area (Å²) in [7, 11) is -3.17. The molecular weight excluding hydrogens is 238 g/mol. The van der Waals surface area contributed by atoms with Crippen LogP contribution in [0.15, 0.2) is 0 Å². The Bertz CT molecular complexity index is 517. The molecule has 1 aliphatic rings. The summed E-state index contributed by atoms with van der Waals surface area (Å²) >= 11 is 0. The maximum atomic E-state index is 12.1. The molecule has 0 radical (unpaired) electrons. The smallest absolute Gasteiger partial charge is 0.217 e. The number of sulfonamides is 1. The average Bonchev–Trinajstić information content (AvgIpc) is 2.74. The molecule has 2 heterocycles. The number of aromatic amines is 1. The molecule has 1 N–H and O–H groups in total. The van der Waals surface area contributed by atoms with Crippen molar-refractivity contribution in [1.29, 1.82) is 0 Å². The van der Waals surface area contributed by atoms with Crippen LogP contribution < -0.4 is 0 Å². The van der Waals surface area contributed by atoms with Gasteiger partial charge in [0.05, 0.1) is 23.2 Å². The molecule has 5 nitrogen and oxygen atoms in total. The van der Waals surface area contributed by atoms with Gasteiger partial charge in [-0.15, -0.1) is 0 Å². The Morgan fingerprint density at radius 2 is 1.88 bits per heavy atom. The maximum absolute atomic E-state index is 12.1. The first-order valence-corrected chi connectivity index (χ1v) is 7.39. The van der Waals surface area contributed by atoms with Crippen LogP contribution in [0.3, 0.4) is 0 Å². The summed E-state index contributed by atoms with van der Waals surface area (Å²) in [6.07, 6.45) is 0. The predicted molar refractivity (Wildman–Crippen MR) is 66.0 cm³/mol. The minimum Gasteiger partial charge on any atom is -0.281 e. The summed E-state index contributed by atoms with van der Waals surface area (Å²) in [5, 5.41) is 6.83. The summed E-state index contributed by atoms with van der Waals surface area (Å²) < 4.78 is 25.7. The summed E-state index contributed by atoms with van der Waals surface area (Å²) in [6.45, 7) is 8.44. The molecule has 96 valence electrons. The van der Waals surface area contributed by atoms with E-state index < -0.39 is 10.0 Å². The maximum Gasteiger partial charge on any atom is 0.217 e. The zero-order valence-electron chi connectivity index (χ0n) is 10.7. The molecule has 0 saturated heterocycles. The highest BCUT2D eigenvalue weighted by Gasteiger charge is 2.34. The van der Waals surface area contributed by atoms with E-state index in [-0.39, 0.29) is 5.25 Å². The van der Waals surface area contributed by atoms with Crippen molar-refractivity contribution < 1.29 is 8.42 Å². The Labute approximate surface area is 102 Å². The SMILES string of the molecule is CC(C)c1n[nH]c2c1CN(S(=O)(=O)C(C)C)C2. The van der Waals surface area contributed by atoms with Crippen LogP contribution in [-0.2, 0) is 23.1 Å². The van der Waals surface area contributed by atoms with Gasteiger partial charge in [0, 0.05) is 12.1 Å². The first kappa shape index (κ1) is 12.6. The summed E-state index contributed by atoms with van der Waals surface area (Å²) in [4.78, 5) is 0. The van der Waals surface area contributed by atoms with Crippen LogP contribution >= 0.6 is 0 Å². The standard InChI is InChI=1S/C11H19N3O2S/c1-7(2)11-9-5-14(6-10(9)12-13-11)17(15,16)8(3)4/h7-8H,5-6H2,1-4H3,(H,12,13). The molecule has 2 rings (SSSR count). The van der Waals surface area contributed by atoms with Crippen molar-refractivity contribution >= 4 is 10.0 Å². The van der Waals surface area contributed by atoms with Crippen molar-refractivity contribution in [2.45, 2.75) is 52.0 Å². The van der Waals surface area contributed by atoms with Gasteiger partial charge < -0.3 is 0 Å². The van der Waals surface area contributed by atoms with E-state index in [9.17, 15) is 8.42 Å². The molecular formula is C11H19N3O2S. The first-order valence-electron chi connectivity index (χ1n) is 5.89. The van der Waals surface area contributed by atoms with E-state index in [1.165, 1.54) is 4.31 Å². The fraction of sp³-hybridized carbons (Fsp3) is 0.727. The van der Waals surface area contributed by atoms with Crippen LogP contribution in [-0.4, -0.2) is 28.2 Å². The number of rotatable bonds is 3. The van der Waals surface area contributed by atoms with Gasteiger partial charge in [-0.25, -0.2) is 8.42 Å². The lowest BCUT2D eigenvalue weighted by atomic mass is 10.1. The van der Waals surface area contributed by atoms with Gasteiger partial charge in [0.2, 0.25) is 10.0 Å². The molecule has 0 unspecified atom stereocenters. The second-order valence-electron chi connectivity index (χ2n) is 5.08. The molecule has 1 aromatic rings. The molecule has 0 fully saturated rings. The number of fused-ring (bicyclic) bond motifs is 1. The third-order valence-electron chi connectivity index (χ3n) is 3.16. The lowest BCUT2D eigenvalue weighted by Crippen LogP contribution is -2.32. The fourth-order valence-electron chi connectivity index (χ4n) is 2.09. The van der Waals surface area contributed by atoms with Crippen LogP contribution in [0.25, 0.3) is 0 Å². The number of H-pyrrole nitrogens is 1. The highest BCUT2D eigenvalue weighted by atomic mass is 32.2. The van der Waals surface area contributed by atoms with Gasteiger partial charge in [-0.1, -0.05) is 13.8 Å². The topological polar surface area (TPSA) is 66.1 Å². The zero-order valence-corrected chi connectivity index (χ0v) is 11.5. The molecule has 0 bridgehead atoms. The number of aromatic nitrogens is 2. The Morgan fingerprint density at radius 1 is 1.24 bits per heavy atom. The van der Waals surface area contributed by atoms with Gasteiger partial charge >= 0.3 is 0 Å². The number of nitrogens with zero attached hydrogens (tertiary/aromatic N) is 2. The second kappa shape index (κ2) is 4.10. The van der Waals surface area contributed by atoms with Crippen molar-refractivity contribution in [3.05, 3.63) is 17.0 Å². The predicted octanol–water partition coefficient (Wildman–Crippen LogP) is 1.59. The van der Waals surface area contributed by atoms with Gasteiger partial charge in [0.25, 0.3) is 0 Å². The van der Waals surface area contributed by atoms with Gasteiger partial charge in [0.1, 0.15) is 0 Å². The molecule has 0 aliphatic carbocycles. The third-order valence-corrected chi connectivity index (χ3v) is 5.33. The van der Waals surface area contributed by atoms with Gasteiger partial charge in [0.15, 0.2) is 0 Å². The fourth-order valence-corrected chi connectivity index (χ4v) is 3.30. The van der Waals surface area contributed by atoms with Crippen LogP contribution in [0.1, 0.15) is 50.6 Å². The quantitative estimate of drug-likeness (QED) is 0.894. The van der Waals surface area contributed by atoms with Crippen LogP contribution in [0, 0.1) is 0 Å². The Balaban J connectivity index is 2.29. The minimum absolute atomic E-state index is 0.316. The Hall–Kier alpha value is -0.880. The molecule has 0 aromatic carbocycles. The second-order valence-corrected chi connectivity index (χ2v) is 7.57. The average molecular weight is 257 g/mol. The first-order chi connectivity index (χ1) is 7.84. The summed E-state index contributed by atoms with van der Waals surface area (Å²) in [5.41, 5.74) is 2.99. The minimum atomic E-state index is -3.17. The zero-order chi connectivity index (χ0) is 12.8. The van der Waals surface area contributed by atoms with Gasteiger partial charge in [-0.05, 0) is 19.8 Å². The number of hydrogen-bond donors (Lipinski definition) is 1. The summed E-state index contributed by atoms with van der Waals surface area (Å²) in [5.74, 6) is 0.316. The number of hydrogen-bond acceptors (Lipinski definition) is 3. The molecule has 17 heavy (non-hydrogen) atoms. The highest BCUT2D eigenvalue weighted by molar-refractivity contribution is 7.89. The van der Waals surface area contributed by atoms with Crippen molar-refractivity contribution in [2.75, 3.05) is 0 Å². The Kier molecular flexibility index (Phi) is 3.03. The molecule has 0 amide bonds. The van der Waals surface area contributed by atoms with E-state index in [1.54, 1.807) is 13.8 Å². The third kappa shape index (κ3) is 1.99. The molecule has 1 aromatic heterocycles. The van der Waals surface area contributed by atoms with E-state index in [2.05, 4.69) is 24.0 Å². The van der Waals surface area contributed by atoms with E-state index >= 15 is 0 Å². The van der Waals surface area contributed by atoms with Crippen LogP contribution in [0.2, 0.25) is 0 Å². The van der Waals surface area contributed by atoms with Gasteiger partial charge in [-0.3, -0.25) is 5.10 Å². The van der Waals surface area contributed by atoms with Crippen molar-refractivity contribution in [3.8, 4) is 0 Å². The molecule has 1 aliphatic heterocycles. The largest absolute Gasteiger partial charge is 0.281 e. The monoisotopic (exact) mass is 257 g/mol. The molecule has 0 saturated carbocycles. The van der Waals surface area contributed by atoms with Crippen LogP contribution in [0.4, 0.5) is 0 Å². The number of nitrogens with one attached hydrogen (secondary N) is 1. The van der Waals surface area contributed by atoms with Crippen molar-refractivity contribution in [1.82, 2.24) is 14.5 Å². The van der Waals surface area contributed by atoms with Crippen molar-refractivity contribution in [3.63, 3.8) is 0 Å². The lowest BCUT2D eigenvalue weighted by molar-refractivity contribution is 0.419. The van der Waals surface area contributed by atoms with Crippen LogP contribution in [0.5, 0.6) is 0 Å². The van der Waals surface area contributed by atoms with E-state index in [0.717, 1.165) is 17.0 Å². The van der Waals surface area contributed by atoms with E-state index in [4.69, 9.17) is 0 Å². The molecule has 6 heteroatoms. The summed E-state index contributed by atoms with van der Waals surface area (Å²) in [6, 6.07) is 0. The normalized spacial score (nSPS) is 17.1.